The molecule has 1 aliphatic rings. The lowest BCUT2D eigenvalue weighted by Crippen LogP contribution is -2.21. The Labute approximate surface area is 63.7 Å². The minimum atomic E-state index is -0.919. The monoisotopic (exact) mass is 161 g/mol. The van der Waals surface area contributed by atoms with Gasteiger partial charge in [-0.15, -0.1) is 0 Å². The van der Waals surface area contributed by atoms with E-state index in [4.69, 9.17) is 16.7 Å². The summed E-state index contributed by atoms with van der Waals surface area (Å²) in [4.78, 5) is 10.4. The predicted molar refractivity (Wildman–Crippen MR) is 37.8 cm³/mol. The summed E-state index contributed by atoms with van der Waals surface area (Å²) < 4.78 is 0. The highest BCUT2D eigenvalue weighted by atomic mass is 35.5. The molecular weight excluding hydrogens is 154 g/mol. The Kier molecular flexibility index (Phi) is 2.17. The van der Waals surface area contributed by atoms with Crippen molar-refractivity contribution in [3.8, 4) is 0 Å². The number of carbonyl (C=O) groups is 1. The first-order chi connectivity index (χ1) is 4.72. The largest absolute Gasteiger partial charge is 0.478 e. The van der Waals surface area contributed by atoms with E-state index in [2.05, 4.69) is 5.32 Å². The van der Waals surface area contributed by atoms with E-state index >= 15 is 0 Å². The summed E-state index contributed by atoms with van der Waals surface area (Å²) in [5.74, 6) is -0.919. The number of rotatable bonds is 1. The highest BCUT2D eigenvalue weighted by Gasteiger charge is 2.15. The molecule has 0 aromatic carbocycles. The second-order valence-corrected chi connectivity index (χ2v) is 2.51. The van der Waals surface area contributed by atoms with Crippen LogP contribution in [0.25, 0.3) is 0 Å². The summed E-state index contributed by atoms with van der Waals surface area (Å²) in [6.07, 6.45) is 1.42. The summed E-state index contributed by atoms with van der Waals surface area (Å²) >= 11 is 5.57. The Morgan fingerprint density at radius 2 is 2.40 bits per heavy atom. The molecule has 0 aromatic rings. The molecule has 4 heteroatoms. The maximum absolute atomic E-state index is 10.4. The fraction of sp³-hybridized carbons (Fsp3) is 0.500. The van der Waals surface area contributed by atoms with Gasteiger partial charge in [-0.1, -0.05) is 11.6 Å². The van der Waals surface area contributed by atoms with E-state index in [1.807, 2.05) is 0 Å². The summed E-state index contributed by atoms with van der Waals surface area (Å²) in [6, 6.07) is 0. The van der Waals surface area contributed by atoms with Crippen LogP contribution < -0.4 is 5.32 Å². The third kappa shape index (κ3) is 1.42. The molecule has 0 bridgehead atoms. The highest BCUT2D eigenvalue weighted by molar-refractivity contribution is 6.31. The summed E-state index contributed by atoms with van der Waals surface area (Å²) in [6.45, 7) is 0.773. The smallest absolute Gasteiger partial charge is 0.334 e. The number of hydrogen-bond acceptors (Lipinski definition) is 2. The SMILES string of the molecule is O=C(O)C1=C(Cl)NCCC1. The third-order valence-corrected chi connectivity index (χ3v) is 1.77. The molecule has 0 spiro atoms. The maximum atomic E-state index is 10.4. The fourth-order valence-corrected chi connectivity index (χ4v) is 1.15. The van der Waals surface area contributed by atoms with Crippen molar-refractivity contribution in [3.63, 3.8) is 0 Å². The van der Waals surface area contributed by atoms with Crippen LogP contribution in [-0.4, -0.2) is 17.6 Å². The second-order valence-electron chi connectivity index (χ2n) is 2.13. The topological polar surface area (TPSA) is 49.3 Å². The van der Waals surface area contributed by atoms with Gasteiger partial charge in [-0.3, -0.25) is 0 Å². The molecule has 0 saturated carbocycles. The molecule has 3 nitrogen and oxygen atoms in total. The van der Waals surface area contributed by atoms with Crippen LogP contribution in [0, 0.1) is 0 Å². The normalized spacial score (nSPS) is 18.5. The lowest BCUT2D eigenvalue weighted by Gasteiger charge is -2.13. The van der Waals surface area contributed by atoms with Gasteiger partial charge in [-0.2, -0.15) is 0 Å². The molecule has 0 amide bonds. The standard InChI is InChI=1S/C6H8ClNO2/c7-5-4(6(9)10)2-1-3-8-5/h8H,1-3H2,(H,9,10). The first kappa shape index (κ1) is 7.41. The highest BCUT2D eigenvalue weighted by Crippen LogP contribution is 2.16. The first-order valence-electron chi connectivity index (χ1n) is 3.07. The zero-order chi connectivity index (χ0) is 7.56. The summed E-state index contributed by atoms with van der Waals surface area (Å²) in [5.41, 5.74) is 0.299. The molecule has 0 atom stereocenters. The zero-order valence-electron chi connectivity index (χ0n) is 5.35. The predicted octanol–water partition coefficient (Wildman–Crippen LogP) is 0.905. The number of halogens is 1. The first-order valence-corrected chi connectivity index (χ1v) is 3.45. The molecule has 56 valence electrons. The summed E-state index contributed by atoms with van der Waals surface area (Å²) in [5, 5.41) is 11.6. The van der Waals surface area contributed by atoms with Gasteiger partial charge in [0.15, 0.2) is 0 Å². The van der Waals surface area contributed by atoms with Crippen LogP contribution in [0.4, 0.5) is 0 Å². The van der Waals surface area contributed by atoms with Crippen molar-refractivity contribution in [2.45, 2.75) is 12.8 Å². The van der Waals surface area contributed by atoms with Crippen molar-refractivity contribution in [3.05, 3.63) is 10.7 Å². The minimum absolute atomic E-state index is 0.291. The molecule has 0 aromatic heterocycles. The van der Waals surface area contributed by atoms with Gasteiger partial charge in [0.25, 0.3) is 0 Å². The molecule has 1 heterocycles. The van der Waals surface area contributed by atoms with Crippen molar-refractivity contribution in [2.75, 3.05) is 6.54 Å². The van der Waals surface area contributed by atoms with Crippen LogP contribution >= 0.6 is 11.6 Å². The van der Waals surface area contributed by atoms with E-state index in [0.717, 1.165) is 13.0 Å². The van der Waals surface area contributed by atoms with Crippen LogP contribution in [0.5, 0.6) is 0 Å². The lowest BCUT2D eigenvalue weighted by atomic mass is 10.1. The van der Waals surface area contributed by atoms with Crippen molar-refractivity contribution in [1.29, 1.82) is 0 Å². The third-order valence-electron chi connectivity index (χ3n) is 1.41. The maximum Gasteiger partial charge on any atom is 0.334 e. The van der Waals surface area contributed by atoms with Crippen LogP contribution in [0.15, 0.2) is 10.7 Å². The van der Waals surface area contributed by atoms with E-state index in [9.17, 15) is 4.79 Å². The fourth-order valence-electron chi connectivity index (χ4n) is 0.881. The van der Waals surface area contributed by atoms with Crippen LogP contribution in [0.2, 0.25) is 0 Å². The molecule has 0 saturated heterocycles. The average molecular weight is 162 g/mol. The molecular formula is C6H8ClNO2. The molecule has 1 rings (SSSR count). The van der Waals surface area contributed by atoms with Gasteiger partial charge in [0, 0.05) is 6.54 Å². The van der Waals surface area contributed by atoms with Gasteiger partial charge in [0.1, 0.15) is 5.16 Å². The number of hydrogen-bond donors (Lipinski definition) is 2. The van der Waals surface area contributed by atoms with Crippen molar-refractivity contribution >= 4 is 17.6 Å². The van der Waals surface area contributed by atoms with Gasteiger partial charge in [0.2, 0.25) is 0 Å². The van der Waals surface area contributed by atoms with Gasteiger partial charge in [-0.05, 0) is 12.8 Å². The summed E-state index contributed by atoms with van der Waals surface area (Å²) in [7, 11) is 0. The molecule has 0 aliphatic carbocycles. The van der Waals surface area contributed by atoms with E-state index < -0.39 is 5.97 Å². The van der Waals surface area contributed by atoms with Crippen molar-refractivity contribution in [1.82, 2.24) is 5.32 Å². The second kappa shape index (κ2) is 2.92. The number of aliphatic carboxylic acids is 1. The molecule has 2 N–H and O–H groups in total. The van der Waals surface area contributed by atoms with Gasteiger partial charge in [0.05, 0.1) is 5.57 Å². The van der Waals surface area contributed by atoms with Crippen LogP contribution in [0.1, 0.15) is 12.8 Å². The van der Waals surface area contributed by atoms with Crippen LogP contribution in [-0.2, 0) is 4.79 Å². The number of carboxylic acid groups (broad SMARTS) is 1. The Bertz CT molecular complexity index is 188. The van der Waals surface area contributed by atoms with E-state index in [1.54, 1.807) is 0 Å². The van der Waals surface area contributed by atoms with E-state index in [0.29, 0.717) is 17.2 Å². The Balaban J connectivity index is 2.78. The Morgan fingerprint density at radius 3 is 2.80 bits per heavy atom. The molecule has 1 aliphatic heterocycles. The van der Waals surface area contributed by atoms with Crippen molar-refractivity contribution in [2.24, 2.45) is 0 Å². The molecule has 0 fully saturated rings. The van der Waals surface area contributed by atoms with Crippen LogP contribution in [0.3, 0.4) is 0 Å². The number of carboxylic acids is 1. The molecule has 0 radical (unpaired) electrons. The quantitative estimate of drug-likeness (QED) is 0.562. The average Bonchev–Trinajstić information content (AvgIpc) is 1.88. The van der Waals surface area contributed by atoms with Gasteiger partial charge < -0.3 is 10.4 Å². The zero-order valence-corrected chi connectivity index (χ0v) is 6.11. The van der Waals surface area contributed by atoms with Gasteiger partial charge in [-0.25, -0.2) is 4.79 Å². The lowest BCUT2D eigenvalue weighted by molar-refractivity contribution is -0.132. The van der Waals surface area contributed by atoms with E-state index in [-0.39, 0.29) is 0 Å². The van der Waals surface area contributed by atoms with Gasteiger partial charge >= 0.3 is 5.97 Å². The minimum Gasteiger partial charge on any atom is -0.478 e. The number of nitrogens with one attached hydrogen (secondary N) is 1. The Hall–Kier alpha value is -0.700. The van der Waals surface area contributed by atoms with E-state index in [1.165, 1.54) is 0 Å². The Morgan fingerprint density at radius 1 is 1.70 bits per heavy atom. The molecule has 10 heavy (non-hydrogen) atoms. The van der Waals surface area contributed by atoms with Crippen molar-refractivity contribution < 1.29 is 9.90 Å². The molecule has 0 unspecified atom stereocenters.